The molecule has 1 aromatic rings. The van der Waals surface area contributed by atoms with E-state index < -0.39 is 0 Å². The van der Waals surface area contributed by atoms with Gasteiger partial charge in [0, 0.05) is 10.3 Å². The normalized spacial score (nSPS) is 13.0. The second-order valence-electron chi connectivity index (χ2n) is 3.89. The molecule has 3 heteroatoms. The van der Waals surface area contributed by atoms with Gasteiger partial charge in [-0.2, -0.15) is 0 Å². The van der Waals surface area contributed by atoms with Crippen LogP contribution in [0, 0.1) is 0 Å². The molecule has 1 heterocycles. The van der Waals surface area contributed by atoms with E-state index in [2.05, 4.69) is 6.92 Å². The van der Waals surface area contributed by atoms with Gasteiger partial charge in [-0.05, 0) is 12.5 Å². The van der Waals surface area contributed by atoms with Crippen molar-refractivity contribution >= 4 is 22.9 Å². The Morgan fingerprint density at radius 1 is 1.33 bits per heavy atom. The van der Waals surface area contributed by atoms with Gasteiger partial charge in [0.05, 0.1) is 11.1 Å². The predicted octanol–water partition coefficient (Wildman–Crippen LogP) is 4.80. The number of unbranched alkanes of at least 4 members (excludes halogenated alkanes) is 4. The van der Waals surface area contributed by atoms with Crippen molar-refractivity contribution in [3.63, 3.8) is 0 Å². The van der Waals surface area contributed by atoms with E-state index in [4.69, 9.17) is 11.6 Å². The summed E-state index contributed by atoms with van der Waals surface area (Å²) in [5.41, 5.74) is 0. The van der Waals surface area contributed by atoms with Crippen LogP contribution in [0.15, 0.2) is 11.4 Å². The van der Waals surface area contributed by atoms with Crippen LogP contribution in [-0.4, -0.2) is 5.11 Å². The van der Waals surface area contributed by atoms with Gasteiger partial charge < -0.3 is 5.11 Å². The lowest BCUT2D eigenvalue weighted by atomic mass is 10.1. The summed E-state index contributed by atoms with van der Waals surface area (Å²) in [6.45, 7) is 2.21. The lowest BCUT2D eigenvalue weighted by Crippen LogP contribution is -1.94. The molecule has 86 valence electrons. The Kier molecular flexibility index (Phi) is 6.30. The molecule has 1 aromatic heterocycles. The SMILES string of the molecule is CCCCCCCC(O)c1cc(Cl)cs1. The Bertz CT molecular complexity index is 272. The van der Waals surface area contributed by atoms with Gasteiger partial charge in [0.25, 0.3) is 0 Å². The number of hydrogen-bond acceptors (Lipinski definition) is 2. The van der Waals surface area contributed by atoms with Crippen LogP contribution in [0.5, 0.6) is 0 Å². The molecule has 1 nitrogen and oxygen atoms in total. The lowest BCUT2D eigenvalue weighted by Gasteiger charge is -2.07. The topological polar surface area (TPSA) is 20.2 Å². The molecule has 0 fully saturated rings. The summed E-state index contributed by atoms with van der Waals surface area (Å²) in [4.78, 5) is 0.996. The number of aliphatic hydroxyl groups is 1. The second-order valence-corrected chi connectivity index (χ2v) is 5.27. The molecule has 0 aliphatic rings. The maximum Gasteiger partial charge on any atom is 0.0882 e. The molecule has 0 saturated heterocycles. The molecule has 0 aliphatic carbocycles. The first-order valence-electron chi connectivity index (χ1n) is 5.66. The molecule has 15 heavy (non-hydrogen) atoms. The largest absolute Gasteiger partial charge is 0.388 e. The van der Waals surface area contributed by atoms with Gasteiger partial charge in [-0.3, -0.25) is 0 Å². The van der Waals surface area contributed by atoms with Crippen molar-refractivity contribution in [3.8, 4) is 0 Å². The Balaban J connectivity index is 2.16. The Labute approximate surface area is 101 Å². The molecule has 0 spiro atoms. The van der Waals surface area contributed by atoms with Gasteiger partial charge in [-0.25, -0.2) is 0 Å². The highest BCUT2D eigenvalue weighted by molar-refractivity contribution is 7.10. The van der Waals surface area contributed by atoms with E-state index in [0.717, 1.165) is 22.7 Å². The van der Waals surface area contributed by atoms with Crippen LogP contribution in [-0.2, 0) is 0 Å². The van der Waals surface area contributed by atoms with E-state index in [9.17, 15) is 5.11 Å². The lowest BCUT2D eigenvalue weighted by molar-refractivity contribution is 0.167. The molecule has 1 rings (SSSR count). The van der Waals surface area contributed by atoms with E-state index in [-0.39, 0.29) is 6.10 Å². The zero-order chi connectivity index (χ0) is 11.1. The van der Waals surface area contributed by atoms with Crippen molar-refractivity contribution in [3.05, 3.63) is 21.3 Å². The quantitative estimate of drug-likeness (QED) is 0.686. The summed E-state index contributed by atoms with van der Waals surface area (Å²) in [6.07, 6.45) is 6.74. The van der Waals surface area contributed by atoms with Gasteiger partial charge >= 0.3 is 0 Å². The van der Waals surface area contributed by atoms with Gasteiger partial charge in [0.2, 0.25) is 0 Å². The summed E-state index contributed by atoms with van der Waals surface area (Å²) in [5.74, 6) is 0. The number of aliphatic hydroxyl groups excluding tert-OH is 1. The average molecular weight is 247 g/mol. The second kappa shape index (κ2) is 7.26. The predicted molar refractivity (Wildman–Crippen MR) is 67.7 cm³/mol. The van der Waals surface area contributed by atoms with Gasteiger partial charge in [0.15, 0.2) is 0 Å². The van der Waals surface area contributed by atoms with Crippen molar-refractivity contribution in [2.24, 2.45) is 0 Å². The van der Waals surface area contributed by atoms with Crippen molar-refractivity contribution in [2.45, 2.75) is 51.6 Å². The zero-order valence-corrected chi connectivity index (χ0v) is 10.8. The third-order valence-corrected chi connectivity index (χ3v) is 3.88. The van der Waals surface area contributed by atoms with Gasteiger partial charge in [-0.1, -0.05) is 50.6 Å². The number of hydrogen-bond donors (Lipinski definition) is 1. The minimum atomic E-state index is -0.316. The zero-order valence-electron chi connectivity index (χ0n) is 9.21. The number of thiophene rings is 1. The third kappa shape index (κ3) is 5.01. The summed E-state index contributed by atoms with van der Waals surface area (Å²) in [5, 5.41) is 12.5. The highest BCUT2D eigenvalue weighted by Gasteiger charge is 2.09. The maximum atomic E-state index is 9.84. The van der Waals surface area contributed by atoms with E-state index in [1.54, 1.807) is 11.3 Å². The van der Waals surface area contributed by atoms with E-state index in [0.29, 0.717) is 0 Å². The van der Waals surface area contributed by atoms with Crippen LogP contribution >= 0.6 is 22.9 Å². The van der Waals surface area contributed by atoms with Crippen LogP contribution in [0.3, 0.4) is 0 Å². The molecule has 0 saturated carbocycles. The van der Waals surface area contributed by atoms with Gasteiger partial charge in [0.1, 0.15) is 0 Å². The van der Waals surface area contributed by atoms with Gasteiger partial charge in [-0.15, -0.1) is 11.3 Å². The molecule has 0 bridgehead atoms. The minimum absolute atomic E-state index is 0.316. The van der Waals surface area contributed by atoms with Crippen LogP contribution < -0.4 is 0 Å². The third-order valence-electron chi connectivity index (χ3n) is 2.50. The summed E-state index contributed by atoms with van der Waals surface area (Å²) in [6, 6.07) is 1.86. The number of halogens is 1. The molecular weight excluding hydrogens is 228 g/mol. The first-order chi connectivity index (χ1) is 7.24. The smallest absolute Gasteiger partial charge is 0.0882 e. The van der Waals surface area contributed by atoms with Crippen LogP contribution in [0.25, 0.3) is 0 Å². The van der Waals surface area contributed by atoms with Crippen LogP contribution in [0.2, 0.25) is 5.02 Å². The molecule has 0 amide bonds. The van der Waals surface area contributed by atoms with Crippen molar-refractivity contribution < 1.29 is 5.11 Å². The van der Waals surface area contributed by atoms with E-state index in [1.807, 2.05) is 11.4 Å². The fourth-order valence-electron chi connectivity index (χ4n) is 1.59. The highest BCUT2D eigenvalue weighted by Crippen LogP contribution is 2.28. The molecule has 1 atom stereocenters. The fraction of sp³-hybridized carbons (Fsp3) is 0.667. The van der Waals surface area contributed by atoms with Crippen molar-refractivity contribution in [1.82, 2.24) is 0 Å². The monoisotopic (exact) mass is 246 g/mol. The Morgan fingerprint density at radius 3 is 2.67 bits per heavy atom. The molecule has 0 aliphatic heterocycles. The maximum absolute atomic E-state index is 9.84. The van der Waals surface area contributed by atoms with Crippen molar-refractivity contribution in [2.75, 3.05) is 0 Å². The molecule has 1 N–H and O–H groups in total. The molecule has 0 aromatic carbocycles. The number of rotatable bonds is 7. The molecular formula is C12H19ClOS. The summed E-state index contributed by atoms with van der Waals surface area (Å²) in [7, 11) is 0. The van der Waals surface area contributed by atoms with Crippen LogP contribution in [0.1, 0.15) is 56.4 Å². The fourth-order valence-corrected chi connectivity index (χ4v) is 2.69. The standard InChI is InChI=1S/C12H19ClOS/c1-2-3-4-5-6-7-11(14)12-8-10(13)9-15-12/h8-9,11,14H,2-7H2,1H3. The first kappa shape index (κ1) is 13.0. The van der Waals surface area contributed by atoms with Crippen molar-refractivity contribution in [1.29, 1.82) is 0 Å². The summed E-state index contributed by atoms with van der Waals surface area (Å²) >= 11 is 7.35. The average Bonchev–Trinajstić information content (AvgIpc) is 2.64. The Hall–Kier alpha value is -0.0500. The summed E-state index contributed by atoms with van der Waals surface area (Å²) < 4.78 is 0. The highest BCUT2D eigenvalue weighted by atomic mass is 35.5. The van der Waals surface area contributed by atoms with Crippen LogP contribution in [0.4, 0.5) is 0 Å². The van der Waals surface area contributed by atoms with E-state index >= 15 is 0 Å². The molecule has 0 radical (unpaired) electrons. The first-order valence-corrected chi connectivity index (χ1v) is 6.91. The molecule has 1 unspecified atom stereocenters. The van der Waals surface area contributed by atoms with E-state index in [1.165, 1.54) is 25.7 Å². The minimum Gasteiger partial charge on any atom is -0.388 e. The Morgan fingerprint density at radius 2 is 2.07 bits per heavy atom.